The Labute approximate surface area is 184 Å². The normalized spacial score (nSPS) is 12.5. The van der Waals surface area contributed by atoms with Crippen LogP contribution in [0.3, 0.4) is 0 Å². The van der Waals surface area contributed by atoms with Gasteiger partial charge in [0, 0.05) is 6.54 Å². The third-order valence-corrected chi connectivity index (χ3v) is 5.12. The summed E-state index contributed by atoms with van der Waals surface area (Å²) in [5.74, 6) is -0.596. The van der Waals surface area contributed by atoms with E-state index < -0.39 is 21.3 Å². The molecule has 0 aromatic carbocycles. The Morgan fingerprint density at radius 3 is 1.74 bits per heavy atom. The van der Waals surface area contributed by atoms with Crippen LogP contribution in [0, 0.1) is 0 Å². The van der Waals surface area contributed by atoms with Gasteiger partial charge in [-0.15, -0.1) is 0 Å². The maximum absolute atomic E-state index is 11.6. The summed E-state index contributed by atoms with van der Waals surface area (Å²) in [7, 11) is -4.29. The molecule has 0 aliphatic heterocycles. The molecule has 0 bridgehead atoms. The summed E-state index contributed by atoms with van der Waals surface area (Å²) in [6, 6.07) is 0. The van der Waals surface area contributed by atoms with E-state index in [0.29, 0.717) is 6.54 Å². The van der Waals surface area contributed by atoms with Gasteiger partial charge in [0.1, 0.15) is 0 Å². The zero-order chi connectivity index (χ0) is 16.8. The van der Waals surface area contributed by atoms with Crippen molar-refractivity contribution in [3.05, 3.63) is 0 Å². The summed E-state index contributed by atoms with van der Waals surface area (Å²) in [4.78, 5) is 11.6. The number of hydrogen-bond donors (Lipinski definition) is 2. The molecule has 0 saturated heterocycles. The predicted molar refractivity (Wildman–Crippen MR) is 97.6 cm³/mol. The van der Waals surface area contributed by atoms with Gasteiger partial charge < -0.3 is 5.32 Å². The van der Waals surface area contributed by atoms with Crippen LogP contribution in [0.4, 0.5) is 0 Å². The Kier molecular flexibility index (Phi) is 18.8. The molecule has 2 N–H and O–H groups in total. The molecule has 0 rings (SSSR count). The van der Waals surface area contributed by atoms with Crippen LogP contribution in [-0.4, -0.2) is 82.1 Å². The van der Waals surface area contributed by atoms with Crippen molar-refractivity contribution >= 4 is 67.4 Å². The van der Waals surface area contributed by atoms with Gasteiger partial charge in [0.05, 0.1) is 0 Å². The van der Waals surface area contributed by atoms with E-state index in [2.05, 4.69) is 12.2 Å². The van der Waals surface area contributed by atoms with E-state index in [0.717, 1.165) is 19.3 Å². The minimum absolute atomic E-state index is 0. The van der Waals surface area contributed by atoms with E-state index in [4.69, 9.17) is 4.55 Å². The summed E-state index contributed by atoms with van der Waals surface area (Å²) in [5, 5.41) is 1.25. The van der Waals surface area contributed by atoms with Crippen LogP contribution in [0.1, 0.15) is 84.5 Å². The summed E-state index contributed by atoms with van der Waals surface area (Å²) < 4.78 is 30.9. The summed E-state index contributed by atoms with van der Waals surface area (Å²) >= 11 is 0. The third kappa shape index (κ3) is 15.0. The number of amides is 1. The standard InChI is InChI=1S/C16H33NO4S.K.H/c1-3-5-6-7-8-9-10-11-12-13-14-17-16(18)15(4-2)22(19,20)21;;/h15H,3-14H2,1-2H3,(H,17,18)(H,19,20,21);;. The first-order valence-corrected chi connectivity index (χ1v) is 10.2. The second-order valence-electron chi connectivity index (χ2n) is 5.88. The number of rotatable bonds is 14. The van der Waals surface area contributed by atoms with Crippen molar-refractivity contribution in [3.8, 4) is 0 Å². The van der Waals surface area contributed by atoms with Crippen LogP contribution in [0.25, 0.3) is 0 Å². The Balaban J connectivity index is 0. The molecule has 0 aliphatic rings. The van der Waals surface area contributed by atoms with Crippen molar-refractivity contribution < 1.29 is 17.8 Å². The Bertz CT molecular complexity index is 388. The first-order valence-electron chi connectivity index (χ1n) is 8.67. The molecule has 0 heterocycles. The molecule has 1 unspecified atom stereocenters. The molecular formula is C16H34KNO4S. The number of nitrogens with one attached hydrogen (secondary N) is 1. The number of carbonyl (C=O) groups excluding carboxylic acids is 1. The van der Waals surface area contributed by atoms with E-state index in [1.165, 1.54) is 44.9 Å². The van der Waals surface area contributed by atoms with Gasteiger partial charge in [0.15, 0.2) is 5.25 Å². The van der Waals surface area contributed by atoms with Crippen LogP contribution in [0.2, 0.25) is 0 Å². The zero-order valence-electron chi connectivity index (χ0n) is 14.1. The molecule has 0 aromatic heterocycles. The molecule has 1 atom stereocenters. The third-order valence-electron chi connectivity index (χ3n) is 3.85. The summed E-state index contributed by atoms with van der Waals surface area (Å²) in [6.45, 7) is 4.26. The predicted octanol–water partition coefficient (Wildman–Crippen LogP) is 3.04. The monoisotopic (exact) mass is 375 g/mol. The van der Waals surface area contributed by atoms with Crippen LogP contribution in [0.5, 0.6) is 0 Å². The molecule has 134 valence electrons. The molecular weight excluding hydrogens is 341 g/mol. The molecule has 0 spiro atoms. The molecule has 0 saturated carbocycles. The Morgan fingerprint density at radius 1 is 0.913 bits per heavy atom. The SMILES string of the molecule is CCCCCCCCCCCCNC(=O)C(CC)S(=O)(=O)O.[KH]. The van der Waals surface area contributed by atoms with E-state index in [9.17, 15) is 13.2 Å². The average molecular weight is 376 g/mol. The molecule has 7 heteroatoms. The van der Waals surface area contributed by atoms with Crippen molar-refractivity contribution in [2.45, 2.75) is 89.7 Å². The number of carbonyl (C=O) groups is 1. The molecule has 5 nitrogen and oxygen atoms in total. The van der Waals surface area contributed by atoms with E-state index in [-0.39, 0.29) is 57.8 Å². The van der Waals surface area contributed by atoms with Gasteiger partial charge in [-0.05, 0) is 12.8 Å². The average Bonchev–Trinajstić information content (AvgIpc) is 2.44. The van der Waals surface area contributed by atoms with E-state index in [1.54, 1.807) is 6.92 Å². The second-order valence-corrected chi connectivity index (χ2v) is 7.48. The quantitative estimate of drug-likeness (QED) is 0.278. The number of hydrogen-bond acceptors (Lipinski definition) is 3. The van der Waals surface area contributed by atoms with Crippen LogP contribution >= 0.6 is 0 Å². The fourth-order valence-corrected chi connectivity index (χ4v) is 3.24. The van der Waals surface area contributed by atoms with Gasteiger partial charge in [-0.3, -0.25) is 9.35 Å². The zero-order valence-corrected chi connectivity index (χ0v) is 15.0. The van der Waals surface area contributed by atoms with Gasteiger partial charge >= 0.3 is 51.4 Å². The van der Waals surface area contributed by atoms with Crippen LogP contribution < -0.4 is 5.32 Å². The topological polar surface area (TPSA) is 83.5 Å². The van der Waals surface area contributed by atoms with E-state index >= 15 is 0 Å². The van der Waals surface area contributed by atoms with Crippen molar-refractivity contribution in [1.29, 1.82) is 0 Å². The molecule has 0 aliphatic carbocycles. The van der Waals surface area contributed by atoms with Gasteiger partial charge in [-0.2, -0.15) is 8.42 Å². The van der Waals surface area contributed by atoms with Crippen molar-refractivity contribution in [2.75, 3.05) is 6.54 Å². The van der Waals surface area contributed by atoms with E-state index in [1.807, 2.05) is 0 Å². The fourth-order valence-electron chi connectivity index (χ4n) is 2.47. The first-order chi connectivity index (χ1) is 10.4. The summed E-state index contributed by atoms with van der Waals surface area (Å²) in [5.41, 5.74) is 0. The maximum atomic E-state index is 11.6. The van der Waals surface area contributed by atoms with Crippen LogP contribution in [-0.2, 0) is 14.9 Å². The number of unbranched alkanes of at least 4 members (excludes halogenated alkanes) is 9. The van der Waals surface area contributed by atoms with Crippen molar-refractivity contribution in [2.24, 2.45) is 0 Å². The van der Waals surface area contributed by atoms with Gasteiger partial charge in [-0.25, -0.2) is 0 Å². The molecule has 23 heavy (non-hydrogen) atoms. The van der Waals surface area contributed by atoms with Gasteiger partial charge in [0.2, 0.25) is 5.91 Å². The molecule has 0 radical (unpaired) electrons. The molecule has 0 fully saturated rings. The summed E-state index contributed by atoms with van der Waals surface area (Å²) in [6.07, 6.45) is 12.2. The Hall–Kier alpha value is 1.02. The van der Waals surface area contributed by atoms with Gasteiger partial charge in [-0.1, -0.05) is 71.6 Å². The van der Waals surface area contributed by atoms with Gasteiger partial charge in [0.25, 0.3) is 10.1 Å². The minimum atomic E-state index is -4.29. The Morgan fingerprint density at radius 2 is 1.35 bits per heavy atom. The fraction of sp³-hybridized carbons (Fsp3) is 0.938. The van der Waals surface area contributed by atoms with Crippen LogP contribution in [0.15, 0.2) is 0 Å². The molecule has 0 aromatic rings. The molecule has 1 amide bonds. The first kappa shape index (κ1) is 26.2. The van der Waals surface area contributed by atoms with Crippen molar-refractivity contribution in [3.63, 3.8) is 0 Å². The second kappa shape index (κ2) is 16.5. The van der Waals surface area contributed by atoms with Crippen molar-refractivity contribution in [1.82, 2.24) is 5.32 Å².